The van der Waals surface area contributed by atoms with Crippen LogP contribution in [0.15, 0.2) is 30.3 Å². The van der Waals surface area contributed by atoms with Crippen LogP contribution in [-0.4, -0.2) is 55.1 Å². The molecule has 0 aliphatic carbocycles. The summed E-state index contributed by atoms with van der Waals surface area (Å²) in [6, 6.07) is 9.67. The number of piperidine rings is 1. The molecule has 27 heavy (non-hydrogen) atoms. The van der Waals surface area contributed by atoms with Crippen molar-refractivity contribution in [3.8, 4) is 0 Å². The van der Waals surface area contributed by atoms with Crippen molar-refractivity contribution in [2.75, 3.05) is 6.54 Å². The number of hydrogen-bond donors (Lipinski definition) is 1. The molecule has 1 amide bonds. The molecule has 1 aromatic rings. The summed E-state index contributed by atoms with van der Waals surface area (Å²) < 4.78 is 12.4. The van der Waals surface area contributed by atoms with Gasteiger partial charge in [-0.1, -0.05) is 51.1 Å². The number of carbonyl (C=O) groups is 1. The first-order valence-corrected chi connectivity index (χ1v) is 12.8. The molecule has 2 fully saturated rings. The molecule has 4 atom stereocenters. The third kappa shape index (κ3) is 4.45. The SMILES string of the molecule is CC(C)(C)[Si](C)(C)O[C@@H]1CC2[C@@H](O)C[C@@H](OCc3ccccc3)C(=O)N2C1. The molecule has 6 heteroatoms. The van der Waals surface area contributed by atoms with Crippen LogP contribution in [0.2, 0.25) is 18.1 Å². The lowest BCUT2D eigenvalue weighted by Crippen LogP contribution is -2.54. The predicted octanol–water partition coefficient (Wildman–Crippen LogP) is 3.33. The van der Waals surface area contributed by atoms with Crippen LogP contribution < -0.4 is 0 Å². The van der Waals surface area contributed by atoms with Gasteiger partial charge in [0, 0.05) is 13.0 Å². The van der Waals surface area contributed by atoms with E-state index in [1.165, 1.54) is 0 Å². The van der Waals surface area contributed by atoms with Crippen molar-refractivity contribution in [3.05, 3.63) is 35.9 Å². The summed E-state index contributed by atoms with van der Waals surface area (Å²) in [5.74, 6) is -0.0115. The Morgan fingerprint density at radius 2 is 1.85 bits per heavy atom. The van der Waals surface area contributed by atoms with Gasteiger partial charge in [-0.2, -0.15) is 0 Å². The first kappa shape index (κ1) is 20.5. The maximum atomic E-state index is 12.9. The molecule has 1 aromatic carbocycles. The van der Waals surface area contributed by atoms with Crippen molar-refractivity contribution in [1.82, 2.24) is 4.90 Å². The van der Waals surface area contributed by atoms with Gasteiger partial charge in [-0.05, 0) is 30.1 Å². The molecular weight excluding hydrogens is 358 g/mol. The number of carbonyl (C=O) groups excluding carboxylic acids is 1. The van der Waals surface area contributed by atoms with Gasteiger partial charge in [0.15, 0.2) is 8.32 Å². The molecular formula is C21H33NO4Si. The fourth-order valence-electron chi connectivity index (χ4n) is 3.70. The highest BCUT2D eigenvalue weighted by atomic mass is 28.4. The number of rotatable bonds is 5. The van der Waals surface area contributed by atoms with Crippen molar-refractivity contribution in [2.24, 2.45) is 0 Å². The van der Waals surface area contributed by atoms with E-state index in [-0.39, 0.29) is 23.1 Å². The molecule has 0 saturated carbocycles. The highest BCUT2D eigenvalue weighted by Crippen LogP contribution is 2.40. The average molecular weight is 392 g/mol. The molecule has 2 aliphatic heterocycles. The highest BCUT2D eigenvalue weighted by Gasteiger charge is 2.49. The summed E-state index contributed by atoms with van der Waals surface area (Å²) in [7, 11) is -1.91. The summed E-state index contributed by atoms with van der Waals surface area (Å²) in [5, 5.41) is 10.7. The lowest BCUT2D eigenvalue weighted by Gasteiger charge is -2.38. The molecule has 1 unspecified atom stereocenters. The molecule has 2 aliphatic rings. The Labute approximate surface area is 163 Å². The molecule has 5 nitrogen and oxygen atoms in total. The zero-order valence-corrected chi connectivity index (χ0v) is 18.1. The molecule has 0 radical (unpaired) electrons. The summed E-state index contributed by atoms with van der Waals surface area (Å²) in [6.45, 7) is 12.0. The summed E-state index contributed by atoms with van der Waals surface area (Å²) in [5.41, 5.74) is 1.03. The first-order chi connectivity index (χ1) is 12.6. The van der Waals surface area contributed by atoms with Gasteiger partial charge in [0.1, 0.15) is 6.10 Å². The average Bonchev–Trinajstić information content (AvgIpc) is 3.01. The van der Waals surface area contributed by atoms with E-state index in [1.54, 1.807) is 4.90 Å². The summed E-state index contributed by atoms with van der Waals surface area (Å²) in [6.07, 6.45) is -0.0632. The van der Waals surface area contributed by atoms with Gasteiger partial charge in [-0.3, -0.25) is 4.79 Å². The number of fused-ring (bicyclic) bond motifs is 1. The number of nitrogens with zero attached hydrogens (tertiary/aromatic N) is 1. The van der Waals surface area contributed by atoms with Gasteiger partial charge in [0.25, 0.3) is 5.91 Å². The minimum atomic E-state index is -1.91. The Hall–Kier alpha value is -1.21. The summed E-state index contributed by atoms with van der Waals surface area (Å²) >= 11 is 0. The Kier molecular flexibility index (Phi) is 5.82. The molecule has 0 spiro atoms. The number of ether oxygens (including phenoxy) is 1. The second-order valence-electron chi connectivity index (χ2n) is 9.38. The number of benzene rings is 1. The van der Waals surface area contributed by atoms with Crippen LogP contribution in [0.5, 0.6) is 0 Å². The second-order valence-corrected chi connectivity index (χ2v) is 14.1. The fourth-order valence-corrected chi connectivity index (χ4v) is 5.05. The topological polar surface area (TPSA) is 59.0 Å². The highest BCUT2D eigenvalue weighted by molar-refractivity contribution is 6.74. The van der Waals surface area contributed by atoms with Crippen LogP contribution in [0, 0.1) is 0 Å². The van der Waals surface area contributed by atoms with E-state index in [0.29, 0.717) is 26.0 Å². The van der Waals surface area contributed by atoms with E-state index in [1.807, 2.05) is 30.3 Å². The standard InChI is InChI=1S/C21H33NO4Si/c1-21(2,3)27(4,5)26-16-11-17-18(23)12-19(20(24)22(17)13-16)25-14-15-9-7-6-8-10-15/h6-10,16-19,23H,11-14H2,1-5H3/t16-,17?,18+,19-/m1/s1. The lowest BCUT2D eigenvalue weighted by atomic mass is 9.96. The Balaban J connectivity index is 1.63. The number of amides is 1. The van der Waals surface area contributed by atoms with E-state index >= 15 is 0 Å². The number of aliphatic hydroxyl groups is 1. The fraction of sp³-hybridized carbons (Fsp3) is 0.667. The van der Waals surface area contributed by atoms with Gasteiger partial charge < -0.3 is 19.2 Å². The zero-order valence-electron chi connectivity index (χ0n) is 17.1. The molecule has 2 heterocycles. The number of aliphatic hydroxyl groups excluding tert-OH is 1. The van der Waals surface area contributed by atoms with Crippen molar-refractivity contribution in [1.29, 1.82) is 0 Å². The van der Waals surface area contributed by atoms with Gasteiger partial charge in [-0.15, -0.1) is 0 Å². The van der Waals surface area contributed by atoms with Crippen LogP contribution >= 0.6 is 0 Å². The monoisotopic (exact) mass is 391 g/mol. The molecule has 0 aromatic heterocycles. The van der Waals surface area contributed by atoms with E-state index in [2.05, 4.69) is 33.9 Å². The maximum absolute atomic E-state index is 12.9. The predicted molar refractivity (Wildman–Crippen MR) is 108 cm³/mol. The third-order valence-corrected chi connectivity index (χ3v) is 10.9. The smallest absolute Gasteiger partial charge is 0.252 e. The van der Waals surface area contributed by atoms with Gasteiger partial charge in [0.2, 0.25) is 0 Å². The van der Waals surface area contributed by atoms with Crippen LogP contribution in [0.3, 0.4) is 0 Å². The zero-order chi connectivity index (χ0) is 19.8. The first-order valence-electron chi connectivity index (χ1n) is 9.90. The minimum Gasteiger partial charge on any atom is -0.412 e. The normalized spacial score (nSPS) is 29.1. The summed E-state index contributed by atoms with van der Waals surface area (Å²) in [4.78, 5) is 14.7. The Morgan fingerprint density at radius 1 is 1.19 bits per heavy atom. The van der Waals surface area contributed by atoms with E-state index in [0.717, 1.165) is 5.56 Å². The largest absolute Gasteiger partial charge is 0.412 e. The van der Waals surface area contributed by atoms with Crippen LogP contribution in [0.1, 0.15) is 39.2 Å². The Bertz CT molecular complexity index is 658. The van der Waals surface area contributed by atoms with Crippen molar-refractivity contribution in [2.45, 2.75) is 82.7 Å². The second kappa shape index (κ2) is 7.66. The molecule has 3 rings (SSSR count). The van der Waals surface area contributed by atoms with Gasteiger partial charge in [-0.25, -0.2) is 0 Å². The quantitative estimate of drug-likeness (QED) is 0.782. The van der Waals surface area contributed by atoms with Crippen molar-refractivity contribution >= 4 is 14.2 Å². The van der Waals surface area contributed by atoms with Gasteiger partial charge >= 0.3 is 0 Å². The van der Waals surface area contributed by atoms with E-state index in [9.17, 15) is 9.90 Å². The molecule has 2 saturated heterocycles. The van der Waals surface area contributed by atoms with Crippen LogP contribution in [0.4, 0.5) is 0 Å². The lowest BCUT2D eigenvalue weighted by molar-refractivity contribution is -0.158. The third-order valence-electron chi connectivity index (χ3n) is 6.32. The Morgan fingerprint density at radius 3 is 2.48 bits per heavy atom. The maximum Gasteiger partial charge on any atom is 0.252 e. The van der Waals surface area contributed by atoms with E-state index in [4.69, 9.17) is 9.16 Å². The van der Waals surface area contributed by atoms with Gasteiger partial charge in [0.05, 0.1) is 24.9 Å². The number of hydrogen-bond acceptors (Lipinski definition) is 4. The van der Waals surface area contributed by atoms with Crippen LogP contribution in [0.25, 0.3) is 0 Å². The van der Waals surface area contributed by atoms with E-state index < -0.39 is 20.5 Å². The van der Waals surface area contributed by atoms with Crippen molar-refractivity contribution < 1.29 is 19.1 Å². The minimum absolute atomic E-state index is 0.00219. The van der Waals surface area contributed by atoms with Crippen molar-refractivity contribution in [3.63, 3.8) is 0 Å². The molecule has 0 bridgehead atoms. The molecule has 1 N–H and O–H groups in total. The molecule has 150 valence electrons. The van der Waals surface area contributed by atoms with Crippen LogP contribution in [-0.2, 0) is 20.6 Å².